The van der Waals surface area contributed by atoms with Crippen LogP contribution in [0.4, 0.5) is 22.2 Å². The molecule has 0 aromatic carbocycles. The van der Waals surface area contributed by atoms with Gasteiger partial charge < -0.3 is 25.3 Å². The second-order valence-electron chi connectivity index (χ2n) is 9.01. The van der Waals surface area contributed by atoms with Gasteiger partial charge in [-0.25, -0.2) is 9.78 Å². The molecule has 11 heteroatoms. The summed E-state index contributed by atoms with van der Waals surface area (Å²) in [6, 6.07) is 0.533. The molecule has 1 atom stereocenters. The summed E-state index contributed by atoms with van der Waals surface area (Å²) in [6.07, 6.45) is 7.88. The molecule has 2 saturated heterocycles. The standard InChI is InChI=1S/C22H34BrN9O/c1-16-19(15-32(28-16)17-7-12-29(2)14-17)26-21-25-13-18(23)20(27-21)24-8-6-11-31-10-5-4-9-30(3)22(31)33/h13,15,17H,4-12,14H2,1-3H3,(H2,24,25,26,27). The summed E-state index contributed by atoms with van der Waals surface area (Å²) >= 11 is 3.53. The summed E-state index contributed by atoms with van der Waals surface area (Å²) in [4.78, 5) is 27.5. The SMILES string of the molecule is Cc1nn(C2CCN(C)C2)cc1Nc1ncc(Br)c(NCCCN2CCCCN(C)C2=O)n1. The Bertz CT molecular complexity index is 965. The van der Waals surface area contributed by atoms with Crippen molar-refractivity contribution < 1.29 is 4.79 Å². The van der Waals surface area contributed by atoms with E-state index in [1.54, 1.807) is 6.20 Å². The molecule has 0 bridgehead atoms. The van der Waals surface area contributed by atoms with E-state index < -0.39 is 0 Å². The molecule has 4 rings (SSSR count). The predicted octanol–water partition coefficient (Wildman–Crippen LogP) is 3.31. The first kappa shape index (κ1) is 23.7. The fraction of sp³-hybridized carbons (Fsp3) is 0.636. The van der Waals surface area contributed by atoms with Gasteiger partial charge in [-0.3, -0.25) is 4.68 Å². The lowest BCUT2D eigenvalue weighted by molar-refractivity contribution is 0.172. The van der Waals surface area contributed by atoms with E-state index in [2.05, 4.69) is 53.2 Å². The number of likely N-dealkylation sites (N-methyl/N-ethyl adjacent to an activating group) is 1. The van der Waals surface area contributed by atoms with Crippen LogP contribution in [0.1, 0.15) is 37.4 Å². The van der Waals surface area contributed by atoms with Gasteiger partial charge >= 0.3 is 6.03 Å². The minimum atomic E-state index is 0.127. The number of aromatic nitrogens is 4. The predicted molar refractivity (Wildman–Crippen MR) is 133 cm³/mol. The van der Waals surface area contributed by atoms with Gasteiger partial charge in [-0.2, -0.15) is 10.1 Å². The lowest BCUT2D eigenvalue weighted by atomic mass is 10.3. The van der Waals surface area contributed by atoms with Gasteiger partial charge in [-0.15, -0.1) is 0 Å². The van der Waals surface area contributed by atoms with Crippen LogP contribution in [-0.4, -0.2) is 93.8 Å². The van der Waals surface area contributed by atoms with Crippen LogP contribution in [0.5, 0.6) is 0 Å². The topological polar surface area (TPSA) is 94.5 Å². The van der Waals surface area contributed by atoms with Gasteiger partial charge in [0.25, 0.3) is 0 Å². The van der Waals surface area contributed by atoms with Crippen molar-refractivity contribution in [2.24, 2.45) is 0 Å². The Morgan fingerprint density at radius 2 is 2.03 bits per heavy atom. The quantitative estimate of drug-likeness (QED) is 0.516. The average Bonchev–Trinajstić information content (AvgIpc) is 3.34. The summed E-state index contributed by atoms with van der Waals surface area (Å²) in [7, 11) is 4.02. The lowest BCUT2D eigenvalue weighted by Gasteiger charge is -2.24. The number of urea groups is 1. The molecule has 2 aliphatic heterocycles. The van der Waals surface area contributed by atoms with Crippen LogP contribution in [-0.2, 0) is 0 Å². The normalized spacial score (nSPS) is 19.8. The molecule has 2 aromatic rings. The smallest absolute Gasteiger partial charge is 0.319 e. The maximum Gasteiger partial charge on any atom is 0.319 e. The number of rotatable bonds is 8. The molecule has 2 aliphatic rings. The zero-order valence-electron chi connectivity index (χ0n) is 19.7. The first-order valence-electron chi connectivity index (χ1n) is 11.7. The third-order valence-corrected chi connectivity index (χ3v) is 6.89. The minimum Gasteiger partial charge on any atom is -0.369 e. The van der Waals surface area contributed by atoms with Crippen LogP contribution in [0.2, 0.25) is 0 Å². The van der Waals surface area contributed by atoms with E-state index in [-0.39, 0.29) is 6.03 Å². The van der Waals surface area contributed by atoms with Crippen LogP contribution in [0.15, 0.2) is 16.9 Å². The van der Waals surface area contributed by atoms with Crippen molar-refractivity contribution >= 4 is 39.4 Å². The number of nitrogens with zero attached hydrogens (tertiary/aromatic N) is 7. The molecule has 4 heterocycles. The second kappa shape index (κ2) is 10.7. The van der Waals surface area contributed by atoms with Gasteiger partial charge in [0.15, 0.2) is 0 Å². The Kier molecular flexibility index (Phi) is 7.69. The average molecular weight is 520 g/mol. The van der Waals surface area contributed by atoms with Crippen molar-refractivity contribution in [1.29, 1.82) is 0 Å². The highest BCUT2D eigenvalue weighted by atomic mass is 79.9. The second-order valence-corrected chi connectivity index (χ2v) is 9.86. The molecule has 2 amide bonds. The molecule has 0 spiro atoms. The molecule has 0 radical (unpaired) electrons. The molecule has 2 fully saturated rings. The maximum absolute atomic E-state index is 12.4. The number of hydrogen-bond acceptors (Lipinski definition) is 7. The zero-order chi connectivity index (χ0) is 23.4. The number of aryl methyl sites for hydroxylation is 1. The number of carbonyl (C=O) groups excluding carboxylic acids is 1. The van der Waals surface area contributed by atoms with E-state index in [9.17, 15) is 4.79 Å². The van der Waals surface area contributed by atoms with Crippen LogP contribution in [0, 0.1) is 6.92 Å². The van der Waals surface area contributed by atoms with Crippen molar-refractivity contribution in [1.82, 2.24) is 34.4 Å². The van der Waals surface area contributed by atoms with Crippen LogP contribution in [0.3, 0.4) is 0 Å². The highest BCUT2D eigenvalue weighted by Gasteiger charge is 2.23. The van der Waals surface area contributed by atoms with Gasteiger partial charge in [-0.05, 0) is 62.1 Å². The van der Waals surface area contributed by atoms with Gasteiger partial charge in [0.1, 0.15) is 5.82 Å². The van der Waals surface area contributed by atoms with Crippen LogP contribution in [0.25, 0.3) is 0 Å². The third-order valence-electron chi connectivity index (χ3n) is 6.31. The van der Waals surface area contributed by atoms with Crippen molar-refractivity contribution in [3.63, 3.8) is 0 Å². The minimum absolute atomic E-state index is 0.127. The first-order chi connectivity index (χ1) is 15.9. The largest absolute Gasteiger partial charge is 0.369 e. The molecule has 10 nitrogen and oxygen atoms in total. The molecule has 180 valence electrons. The number of halogens is 1. The third kappa shape index (κ3) is 5.94. The Balaban J connectivity index is 1.32. The van der Waals surface area contributed by atoms with Crippen molar-refractivity contribution in [2.75, 3.05) is 64.0 Å². The van der Waals surface area contributed by atoms with Crippen LogP contribution >= 0.6 is 15.9 Å². The first-order valence-corrected chi connectivity index (χ1v) is 12.5. The monoisotopic (exact) mass is 519 g/mol. The maximum atomic E-state index is 12.4. The zero-order valence-corrected chi connectivity index (χ0v) is 21.3. The number of anilines is 3. The number of amides is 2. The van der Waals surface area contributed by atoms with Gasteiger partial charge in [-0.1, -0.05) is 0 Å². The summed E-state index contributed by atoms with van der Waals surface area (Å²) < 4.78 is 2.86. The van der Waals surface area contributed by atoms with E-state index in [0.717, 1.165) is 80.1 Å². The van der Waals surface area contributed by atoms with Gasteiger partial charge in [0, 0.05) is 52.2 Å². The molecule has 33 heavy (non-hydrogen) atoms. The Hall–Kier alpha value is -2.40. The summed E-state index contributed by atoms with van der Waals surface area (Å²) in [5, 5.41) is 11.4. The summed E-state index contributed by atoms with van der Waals surface area (Å²) in [5.41, 5.74) is 1.85. The van der Waals surface area contributed by atoms with Crippen molar-refractivity contribution in [3.05, 3.63) is 22.6 Å². The van der Waals surface area contributed by atoms with E-state index in [0.29, 0.717) is 18.5 Å². The Morgan fingerprint density at radius 3 is 2.82 bits per heavy atom. The van der Waals surface area contributed by atoms with E-state index >= 15 is 0 Å². The van der Waals surface area contributed by atoms with E-state index in [1.807, 2.05) is 30.0 Å². The summed E-state index contributed by atoms with van der Waals surface area (Å²) in [5.74, 6) is 1.26. The lowest BCUT2D eigenvalue weighted by Crippen LogP contribution is -2.40. The van der Waals surface area contributed by atoms with Crippen molar-refractivity contribution in [2.45, 2.75) is 38.6 Å². The fourth-order valence-electron chi connectivity index (χ4n) is 4.36. The molecule has 0 saturated carbocycles. The Labute approximate surface area is 203 Å². The van der Waals surface area contributed by atoms with E-state index in [1.165, 1.54) is 0 Å². The Morgan fingerprint density at radius 1 is 1.21 bits per heavy atom. The number of hydrogen-bond donors (Lipinski definition) is 2. The highest BCUT2D eigenvalue weighted by molar-refractivity contribution is 9.10. The molecular formula is C22H34BrN9O. The molecule has 2 N–H and O–H groups in total. The van der Waals surface area contributed by atoms with E-state index in [4.69, 9.17) is 5.10 Å². The fourth-order valence-corrected chi connectivity index (χ4v) is 4.69. The van der Waals surface area contributed by atoms with Crippen molar-refractivity contribution in [3.8, 4) is 0 Å². The van der Waals surface area contributed by atoms with Crippen LogP contribution < -0.4 is 10.6 Å². The number of likely N-dealkylation sites (tertiary alicyclic amines) is 1. The number of nitrogens with one attached hydrogen (secondary N) is 2. The summed E-state index contributed by atoms with van der Waals surface area (Å²) in [6.45, 7) is 7.24. The molecule has 1 unspecified atom stereocenters. The highest BCUT2D eigenvalue weighted by Crippen LogP contribution is 2.26. The van der Waals surface area contributed by atoms with Gasteiger partial charge in [0.2, 0.25) is 5.95 Å². The van der Waals surface area contributed by atoms with Gasteiger partial charge in [0.05, 0.1) is 21.9 Å². The molecule has 0 aliphatic carbocycles. The number of carbonyl (C=O) groups is 1. The molecular weight excluding hydrogens is 486 g/mol. The molecule has 2 aromatic heterocycles.